The van der Waals surface area contributed by atoms with Gasteiger partial charge >= 0.3 is 0 Å². The lowest BCUT2D eigenvalue weighted by molar-refractivity contribution is 0.406. The molecule has 280 valence electrons. The van der Waals surface area contributed by atoms with Gasteiger partial charge < -0.3 is 30.3 Å². The lowest BCUT2D eigenvalue weighted by atomic mass is 9.92. The van der Waals surface area contributed by atoms with Crippen LogP contribution in [0.1, 0.15) is 80.3 Å². The number of nitrogens with one attached hydrogen (secondary N) is 3. The van der Waals surface area contributed by atoms with Crippen LogP contribution >= 0.6 is 34.8 Å². The molecule has 0 saturated carbocycles. The van der Waals surface area contributed by atoms with Gasteiger partial charge in [-0.2, -0.15) is 0 Å². The van der Waals surface area contributed by atoms with E-state index in [-0.39, 0.29) is 17.7 Å². The van der Waals surface area contributed by atoms with Crippen LogP contribution in [-0.4, -0.2) is 83.4 Å². The molecule has 0 bridgehead atoms. The maximum atomic E-state index is 6.12. The molecule has 0 amide bonds. The Labute approximate surface area is 321 Å². The Bertz CT molecular complexity index is 1730. The highest BCUT2D eigenvalue weighted by atomic mass is 35.5. The summed E-state index contributed by atoms with van der Waals surface area (Å²) in [6.45, 7) is 6.18. The summed E-state index contributed by atoms with van der Waals surface area (Å²) < 4.78 is 10.2. The molecule has 8 heterocycles. The summed E-state index contributed by atoms with van der Waals surface area (Å²) >= 11 is 17.3. The number of methoxy groups -OCH3 is 2. The largest absolute Gasteiger partial charge is 0.491 e. The van der Waals surface area contributed by atoms with Gasteiger partial charge in [-0.15, -0.1) is 0 Å². The van der Waals surface area contributed by atoms with Crippen LogP contribution in [0.4, 0.5) is 17.5 Å². The molecule has 2 fully saturated rings. The second-order valence-electron chi connectivity index (χ2n) is 12.8. The van der Waals surface area contributed by atoms with Gasteiger partial charge in [0, 0.05) is 49.4 Å². The molecule has 52 heavy (non-hydrogen) atoms. The minimum Gasteiger partial charge on any atom is -0.491 e. The summed E-state index contributed by atoms with van der Waals surface area (Å²) in [6.07, 6.45) is 12.0. The Hall–Kier alpha value is -3.71. The van der Waals surface area contributed by atoms with Crippen molar-refractivity contribution in [2.24, 2.45) is 0 Å². The minimum absolute atomic E-state index is 0. The molecular weight excluding hydrogens is 723 g/mol. The number of halogens is 3. The van der Waals surface area contributed by atoms with E-state index >= 15 is 0 Å². The van der Waals surface area contributed by atoms with Crippen LogP contribution in [0.2, 0.25) is 15.5 Å². The minimum atomic E-state index is 0. The van der Waals surface area contributed by atoms with Crippen LogP contribution in [0.3, 0.4) is 0 Å². The molecule has 0 atom stereocenters. The summed E-state index contributed by atoms with van der Waals surface area (Å²) in [5, 5.41) is 11.1. The SMILES string of the molecule is C.COc1c(Cl)ncnc1Cl.COc1c(Cl)ncnc1N1CCC(c2ccc3c(n2)NCCC3)CC1.c1cc2c(nc1C1CCNCC1)NCCC2. The fourth-order valence-corrected chi connectivity index (χ4v) is 7.57. The number of hydrogen-bond donors (Lipinski definition) is 3. The molecule has 0 aliphatic carbocycles. The smallest absolute Gasteiger partial charge is 0.199 e. The van der Waals surface area contributed by atoms with Crippen molar-refractivity contribution in [1.82, 2.24) is 35.2 Å². The Kier molecular flexibility index (Phi) is 14.7. The lowest BCUT2D eigenvalue weighted by Gasteiger charge is -2.33. The van der Waals surface area contributed by atoms with Crippen LogP contribution in [0.15, 0.2) is 36.9 Å². The Morgan fingerprint density at radius 1 is 0.635 bits per heavy atom. The maximum Gasteiger partial charge on any atom is 0.199 e. The zero-order chi connectivity index (χ0) is 35.6. The number of aromatic nitrogens is 6. The Morgan fingerprint density at radius 2 is 1.12 bits per heavy atom. The van der Waals surface area contributed by atoms with Crippen molar-refractivity contribution in [2.45, 2.75) is 70.6 Å². The molecule has 4 aliphatic heterocycles. The third kappa shape index (κ3) is 9.83. The Balaban J connectivity index is 0.000000166. The van der Waals surface area contributed by atoms with Gasteiger partial charge in [0.15, 0.2) is 32.8 Å². The highest BCUT2D eigenvalue weighted by Crippen LogP contribution is 2.36. The molecule has 0 unspecified atom stereocenters. The molecule has 4 aromatic heterocycles. The molecule has 0 aromatic carbocycles. The molecule has 12 nitrogen and oxygen atoms in total. The van der Waals surface area contributed by atoms with Crippen molar-refractivity contribution in [2.75, 3.05) is 69.0 Å². The summed E-state index contributed by atoms with van der Waals surface area (Å²) in [4.78, 5) is 27.6. The third-order valence-electron chi connectivity index (χ3n) is 9.67. The molecule has 8 rings (SSSR count). The standard InChI is InChI=1S/C18H22ClN5O.C13H19N3.C5H4Cl2N2O.CH4/c1-25-15-16(19)21-11-22-18(15)24-9-6-12(7-10-24)14-5-4-13-3-2-8-20-17(13)23-14;1-2-11-3-4-12(16-13(11)15-7-1)10-5-8-14-9-6-10;1-10-3-4(6)8-2-9-5(3)7;/h4-5,11-12H,2-3,6-10H2,1H3,(H,20,23);3-4,10,14H,1-2,5-9H2,(H,15,16);2H,1H3;1H4. The first kappa shape index (κ1) is 39.5. The second kappa shape index (κ2) is 19.4. The van der Waals surface area contributed by atoms with Gasteiger partial charge in [0.1, 0.15) is 24.3 Å². The predicted molar refractivity (Wildman–Crippen MR) is 210 cm³/mol. The van der Waals surface area contributed by atoms with E-state index in [0.29, 0.717) is 28.5 Å². The second-order valence-corrected chi connectivity index (χ2v) is 13.9. The number of fused-ring (bicyclic) bond motifs is 2. The first-order valence-electron chi connectivity index (χ1n) is 17.6. The summed E-state index contributed by atoms with van der Waals surface area (Å²) in [5.74, 6) is 5.01. The molecule has 4 aliphatic rings. The van der Waals surface area contributed by atoms with E-state index in [4.69, 9.17) is 54.2 Å². The van der Waals surface area contributed by atoms with Crippen LogP contribution in [0, 0.1) is 0 Å². The number of ether oxygens (including phenoxy) is 2. The van der Waals surface area contributed by atoms with E-state index in [1.54, 1.807) is 7.11 Å². The van der Waals surface area contributed by atoms with E-state index < -0.39 is 0 Å². The van der Waals surface area contributed by atoms with Gasteiger partial charge in [0.25, 0.3) is 0 Å². The monoisotopic (exact) mass is 770 g/mol. The van der Waals surface area contributed by atoms with Crippen molar-refractivity contribution in [3.8, 4) is 11.5 Å². The van der Waals surface area contributed by atoms with Crippen molar-refractivity contribution in [3.05, 3.63) is 74.9 Å². The number of nitrogens with zero attached hydrogens (tertiary/aromatic N) is 7. The van der Waals surface area contributed by atoms with Crippen molar-refractivity contribution >= 4 is 52.3 Å². The van der Waals surface area contributed by atoms with Gasteiger partial charge in [-0.05, 0) is 87.7 Å². The maximum absolute atomic E-state index is 6.12. The summed E-state index contributed by atoms with van der Waals surface area (Å²) in [6, 6.07) is 8.95. The average Bonchev–Trinajstić information content (AvgIpc) is 3.18. The number of hydrogen-bond acceptors (Lipinski definition) is 12. The van der Waals surface area contributed by atoms with Gasteiger partial charge in [0.05, 0.1) is 14.2 Å². The van der Waals surface area contributed by atoms with Gasteiger partial charge in [-0.3, -0.25) is 0 Å². The van der Waals surface area contributed by atoms with Crippen LogP contribution in [0.25, 0.3) is 0 Å². The van der Waals surface area contributed by atoms with Crippen molar-refractivity contribution in [3.63, 3.8) is 0 Å². The molecule has 3 N–H and O–H groups in total. The van der Waals surface area contributed by atoms with Crippen LogP contribution < -0.4 is 30.3 Å². The predicted octanol–water partition coefficient (Wildman–Crippen LogP) is 7.61. The molecule has 4 aromatic rings. The van der Waals surface area contributed by atoms with E-state index in [9.17, 15) is 0 Å². The quantitative estimate of drug-likeness (QED) is 0.172. The molecule has 0 radical (unpaired) electrons. The molecule has 0 spiro atoms. The summed E-state index contributed by atoms with van der Waals surface area (Å²) in [7, 11) is 3.06. The topological polar surface area (TPSA) is 135 Å². The van der Waals surface area contributed by atoms with Gasteiger partial charge in [-0.1, -0.05) is 54.4 Å². The molecule has 2 saturated heterocycles. The number of rotatable bonds is 5. The van der Waals surface area contributed by atoms with E-state index in [1.807, 2.05) is 0 Å². The van der Waals surface area contributed by atoms with E-state index in [1.165, 1.54) is 74.4 Å². The van der Waals surface area contributed by atoms with E-state index in [2.05, 4.69) is 65.1 Å². The number of piperidine rings is 2. The number of anilines is 3. The third-order valence-corrected chi connectivity index (χ3v) is 10.5. The lowest BCUT2D eigenvalue weighted by Crippen LogP contribution is -2.34. The van der Waals surface area contributed by atoms with Gasteiger partial charge in [-0.25, -0.2) is 29.9 Å². The zero-order valence-corrected chi connectivity index (χ0v) is 31.4. The highest BCUT2D eigenvalue weighted by Gasteiger charge is 2.26. The average molecular weight is 772 g/mol. The fourth-order valence-electron chi connectivity index (χ4n) is 6.89. The van der Waals surface area contributed by atoms with Crippen molar-refractivity contribution in [1.29, 1.82) is 0 Å². The first-order valence-corrected chi connectivity index (χ1v) is 18.8. The first-order chi connectivity index (χ1) is 24.9. The van der Waals surface area contributed by atoms with Crippen LogP contribution in [0.5, 0.6) is 11.5 Å². The number of pyridine rings is 2. The normalized spacial score (nSPS) is 16.9. The zero-order valence-electron chi connectivity index (χ0n) is 29.1. The molecular formula is C37H49Cl3N10O2. The van der Waals surface area contributed by atoms with E-state index in [0.717, 1.165) is 76.0 Å². The molecule has 15 heteroatoms. The fraction of sp³-hybridized carbons (Fsp3) is 0.514. The highest BCUT2D eigenvalue weighted by molar-refractivity contribution is 6.35. The van der Waals surface area contributed by atoms with Crippen molar-refractivity contribution < 1.29 is 9.47 Å². The number of aryl methyl sites for hydroxylation is 2. The van der Waals surface area contributed by atoms with Gasteiger partial charge in [0.2, 0.25) is 0 Å². The summed E-state index contributed by atoms with van der Waals surface area (Å²) in [5.41, 5.74) is 5.21. The van der Waals surface area contributed by atoms with Crippen LogP contribution in [-0.2, 0) is 12.8 Å². The Morgan fingerprint density at radius 3 is 1.62 bits per heavy atom.